The van der Waals surface area contributed by atoms with E-state index in [4.69, 9.17) is 9.47 Å². The lowest BCUT2D eigenvalue weighted by molar-refractivity contribution is 0.193. The highest BCUT2D eigenvalue weighted by atomic mass is 16.5. The molecule has 0 spiro atoms. The molecule has 0 heterocycles. The molecule has 2 nitrogen and oxygen atoms in total. The maximum Gasteiger partial charge on any atom is 0.122 e. The lowest BCUT2D eigenvalue weighted by Crippen LogP contribution is -2.11. The number of aryl methyl sites for hydroxylation is 1. The van der Waals surface area contributed by atoms with Gasteiger partial charge in [-0.1, -0.05) is 39.3 Å². The summed E-state index contributed by atoms with van der Waals surface area (Å²) in [6, 6.07) is 6.70. The molecule has 2 heteroatoms. The molecule has 0 fully saturated rings. The normalized spacial score (nSPS) is 12.7. The molecule has 0 aromatic heterocycles. The Labute approximate surface area is 130 Å². The standard InChI is InChI=1S/C19H32O2/c1-6-17(15(2)3)13-16-10-11-19(21-5)18(14-16)9-7-8-12-20-4/h10-11,14-15,17H,6-9,12-13H2,1-5H3. The van der Waals surface area contributed by atoms with Crippen LogP contribution in [0.5, 0.6) is 5.75 Å². The van der Waals surface area contributed by atoms with Crippen molar-refractivity contribution in [2.45, 2.75) is 52.9 Å². The Hall–Kier alpha value is -1.02. The number of benzene rings is 1. The lowest BCUT2D eigenvalue weighted by atomic mass is 9.86. The molecule has 0 radical (unpaired) electrons. The van der Waals surface area contributed by atoms with E-state index in [9.17, 15) is 0 Å². The average Bonchev–Trinajstić information content (AvgIpc) is 2.49. The van der Waals surface area contributed by atoms with Crippen LogP contribution in [0.2, 0.25) is 0 Å². The Kier molecular flexibility index (Phi) is 8.44. The van der Waals surface area contributed by atoms with E-state index in [1.807, 2.05) is 0 Å². The molecular weight excluding hydrogens is 260 g/mol. The van der Waals surface area contributed by atoms with Crippen molar-refractivity contribution in [3.63, 3.8) is 0 Å². The second-order valence-corrected chi connectivity index (χ2v) is 6.21. The zero-order valence-electron chi connectivity index (χ0n) is 14.4. The van der Waals surface area contributed by atoms with Crippen molar-refractivity contribution in [1.82, 2.24) is 0 Å². The summed E-state index contributed by atoms with van der Waals surface area (Å²) in [4.78, 5) is 0. The van der Waals surface area contributed by atoms with Crippen molar-refractivity contribution in [3.05, 3.63) is 29.3 Å². The smallest absolute Gasteiger partial charge is 0.122 e. The Morgan fingerprint density at radius 1 is 1.10 bits per heavy atom. The quantitative estimate of drug-likeness (QED) is 0.572. The fourth-order valence-corrected chi connectivity index (χ4v) is 2.87. The summed E-state index contributed by atoms with van der Waals surface area (Å²) in [5.74, 6) is 2.52. The zero-order valence-corrected chi connectivity index (χ0v) is 14.4. The third kappa shape index (κ3) is 6.09. The molecule has 0 aliphatic heterocycles. The van der Waals surface area contributed by atoms with E-state index < -0.39 is 0 Å². The molecule has 0 aliphatic carbocycles. The van der Waals surface area contributed by atoms with Crippen LogP contribution in [0.15, 0.2) is 18.2 Å². The Balaban J connectivity index is 2.74. The minimum atomic E-state index is 0.738. The molecule has 1 unspecified atom stereocenters. The first-order valence-electron chi connectivity index (χ1n) is 8.27. The average molecular weight is 292 g/mol. The van der Waals surface area contributed by atoms with Gasteiger partial charge in [-0.2, -0.15) is 0 Å². The van der Waals surface area contributed by atoms with Crippen LogP contribution in [0, 0.1) is 11.8 Å². The van der Waals surface area contributed by atoms with Crippen molar-refractivity contribution in [2.75, 3.05) is 20.8 Å². The number of methoxy groups -OCH3 is 2. The predicted octanol–water partition coefficient (Wildman–Crippen LogP) is 4.89. The van der Waals surface area contributed by atoms with Gasteiger partial charge in [-0.3, -0.25) is 0 Å². The lowest BCUT2D eigenvalue weighted by Gasteiger charge is -2.20. The fraction of sp³-hybridized carbons (Fsp3) is 0.684. The Bertz CT molecular complexity index is 399. The SMILES string of the molecule is CCC(Cc1ccc(OC)c(CCCCOC)c1)C(C)C. The monoisotopic (exact) mass is 292 g/mol. The summed E-state index contributed by atoms with van der Waals surface area (Å²) in [5.41, 5.74) is 2.78. The van der Waals surface area contributed by atoms with E-state index in [-0.39, 0.29) is 0 Å². The third-order valence-electron chi connectivity index (χ3n) is 4.35. The van der Waals surface area contributed by atoms with E-state index in [0.717, 1.165) is 43.5 Å². The Morgan fingerprint density at radius 2 is 1.86 bits per heavy atom. The highest BCUT2D eigenvalue weighted by Crippen LogP contribution is 2.26. The van der Waals surface area contributed by atoms with E-state index in [0.29, 0.717) is 0 Å². The van der Waals surface area contributed by atoms with Crippen LogP contribution in [0.4, 0.5) is 0 Å². The van der Waals surface area contributed by atoms with Gasteiger partial charge in [0.25, 0.3) is 0 Å². The van der Waals surface area contributed by atoms with Gasteiger partial charge in [0.1, 0.15) is 5.75 Å². The molecule has 0 saturated carbocycles. The summed E-state index contributed by atoms with van der Waals surface area (Å²) in [7, 11) is 3.52. The number of unbranched alkanes of at least 4 members (excludes halogenated alkanes) is 1. The summed E-state index contributed by atoms with van der Waals surface area (Å²) in [6.45, 7) is 7.78. The highest BCUT2D eigenvalue weighted by molar-refractivity contribution is 5.37. The van der Waals surface area contributed by atoms with Gasteiger partial charge < -0.3 is 9.47 Å². The molecule has 0 amide bonds. The van der Waals surface area contributed by atoms with Crippen LogP contribution in [0.1, 0.15) is 51.2 Å². The molecular formula is C19H32O2. The van der Waals surface area contributed by atoms with Crippen molar-refractivity contribution < 1.29 is 9.47 Å². The summed E-state index contributed by atoms with van der Waals surface area (Å²) >= 11 is 0. The molecule has 120 valence electrons. The number of hydrogen-bond acceptors (Lipinski definition) is 2. The maximum atomic E-state index is 5.50. The van der Waals surface area contributed by atoms with Gasteiger partial charge in [0, 0.05) is 13.7 Å². The van der Waals surface area contributed by atoms with Gasteiger partial charge >= 0.3 is 0 Å². The minimum absolute atomic E-state index is 0.738. The van der Waals surface area contributed by atoms with Gasteiger partial charge in [-0.25, -0.2) is 0 Å². The first-order chi connectivity index (χ1) is 10.1. The second-order valence-electron chi connectivity index (χ2n) is 6.21. The Morgan fingerprint density at radius 3 is 2.43 bits per heavy atom. The van der Waals surface area contributed by atoms with Crippen LogP contribution >= 0.6 is 0 Å². The van der Waals surface area contributed by atoms with E-state index >= 15 is 0 Å². The van der Waals surface area contributed by atoms with Crippen molar-refractivity contribution in [3.8, 4) is 5.75 Å². The number of hydrogen-bond donors (Lipinski definition) is 0. The van der Waals surface area contributed by atoms with Crippen molar-refractivity contribution in [1.29, 1.82) is 0 Å². The zero-order chi connectivity index (χ0) is 15.7. The molecule has 1 atom stereocenters. The molecule has 21 heavy (non-hydrogen) atoms. The number of ether oxygens (including phenoxy) is 2. The summed E-state index contributed by atoms with van der Waals surface area (Å²) in [5, 5.41) is 0. The molecule has 1 aromatic carbocycles. The van der Waals surface area contributed by atoms with Gasteiger partial charge in [-0.15, -0.1) is 0 Å². The second kappa shape index (κ2) is 9.83. The van der Waals surface area contributed by atoms with Crippen LogP contribution in [0.25, 0.3) is 0 Å². The fourth-order valence-electron chi connectivity index (χ4n) is 2.87. The van der Waals surface area contributed by atoms with Crippen LogP contribution < -0.4 is 4.74 Å². The molecule has 1 rings (SSSR count). The van der Waals surface area contributed by atoms with Crippen LogP contribution in [0.3, 0.4) is 0 Å². The largest absolute Gasteiger partial charge is 0.496 e. The van der Waals surface area contributed by atoms with Crippen LogP contribution in [-0.4, -0.2) is 20.8 Å². The summed E-state index contributed by atoms with van der Waals surface area (Å²) < 4.78 is 10.6. The molecule has 1 aromatic rings. The molecule has 0 saturated heterocycles. The van der Waals surface area contributed by atoms with E-state index in [2.05, 4.69) is 39.0 Å². The van der Waals surface area contributed by atoms with E-state index in [1.54, 1.807) is 14.2 Å². The van der Waals surface area contributed by atoms with Gasteiger partial charge in [0.2, 0.25) is 0 Å². The minimum Gasteiger partial charge on any atom is -0.496 e. The first kappa shape index (κ1) is 18.0. The topological polar surface area (TPSA) is 18.5 Å². The van der Waals surface area contributed by atoms with Crippen molar-refractivity contribution in [2.24, 2.45) is 11.8 Å². The van der Waals surface area contributed by atoms with Crippen molar-refractivity contribution >= 4 is 0 Å². The maximum absolute atomic E-state index is 5.50. The first-order valence-corrected chi connectivity index (χ1v) is 8.27. The van der Waals surface area contributed by atoms with Crippen LogP contribution in [-0.2, 0) is 17.6 Å². The molecule has 0 N–H and O–H groups in total. The summed E-state index contributed by atoms with van der Waals surface area (Å²) in [6.07, 6.45) is 5.73. The highest BCUT2D eigenvalue weighted by Gasteiger charge is 2.13. The number of rotatable bonds is 10. The third-order valence-corrected chi connectivity index (χ3v) is 4.35. The predicted molar refractivity (Wildman–Crippen MR) is 90.1 cm³/mol. The molecule has 0 bridgehead atoms. The van der Waals surface area contributed by atoms with Gasteiger partial charge in [-0.05, 0) is 54.7 Å². The molecule has 0 aliphatic rings. The van der Waals surface area contributed by atoms with Gasteiger partial charge in [0.15, 0.2) is 0 Å². The van der Waals surface area contributed by atoms with E-state index in [1.165, 1.54) is 24.0 Å². The van der Waals surface area contributed by atoms with Gasteiger partial charge in [0.05, 0.1) is 7.11 Å².